The van der Waals surface area contributed by atoms with Gasteiger partial charge in [0.25, 0.3) is 11.5 Å². The number of pyridine rings is 1. The summed E-state index contributed by atoms with van der Waals surface area (Å²) < 4.78 is 6.90. The number of amides is 1. The van der Waals surface area contributed by atoms with E-state index >= 15 is 0 Å². The molecule has 0 radical (unpaired) electrons. The number of hydrogen-bond acceptors (Lipinski definition) is 3. The van der Waals surface area contributed by atoms with Crippen molar-refractivity contribution >= 4 is 34.0 Å². The van der Waals surface area contributed by atoms with Crippen LogP contribution in [0.5, 0.6) is 5.75 Å². The van der Waals surface area contributed by atoms with Gasteiger partial charge in [-0.15, -0.1) is 0 Å². The van der Waals surface area contributed by atoms with Crippen molar-refractivity contribution in [3.63, 3.8) is 0 Å². The summed E-state index contributed by atoms with van der Waals surface area (Å²) in [6, 6.07) is 21.1. The van der Waals surface area contributed by atoms with Crippen molar-refractivity contribution in [2.45, 2.75) is 6.92 Å². The standard InChI is InChI=1S/C24H19ClN2O3/c1-2-30-19-13-9-17(10-14-19)26-23(28)22-15-27(18-11-7-16(25)8-12-18)24(29)21-6-4-3-5-20(21)22/h3-15H,2H2,1H3,(H,26,28). The van der Waals surface area contributed by atoms with Crippen LogP contribution in [0.2, 0.25) is 5.02 Å². The normalized spacial score (nSPS) is 10.7. The Morgan fingerprint density at radius 3 is 2.30 bits per heavy atom. The highest BCUT2D eigenvalue weighted by Crippen LogP contribution is 2.21. The van der Waals surface area contributed by atoms with Gasteiger partial charge in [-0.3, -0.25) is 14.2 Å². The van der Waals surface area contributed by atoms with Gasteiger partial charge in [0.2, 0.25) is 0 Å². The summed E-state index contributed by atoms with van der Waals surface area (Å²) in [6.45, 7) is 2.49. The van der Waals surface area contributed by atoms with Crippen molar-refractivity contribution in [1.82, 2.24) is 4.57 Å². The van der Waals surface area contributed by atoms with E-state index in [1.54, 1.807) is 72.9 Å². The van der Waals surface area contributed by atoms with Crippen LogP contribution in [0.15, 0.2) is 83.8 Å². The van der Waals surface area contributed by atoms with Crippen LogP contribution >= 0.6 is 11.6 Å². The fourth-order valence-corrected chi connectivity index (χ4v) is 3.39. The summed E-state index contributed by atoms with van der Waals surface area (Å²) in [5.41, 5.74) is 1.46. The monoisotopic (exact) mass is 418 g/mol. The molecule has 0 aliphatic carbocycles. The van der Waals surface area contributed by atoms with E-state index in [4.69, 9.17) is 16.3 Å². The Morgan fingerprint density at radius 1 is 0.967 bits per heavy atom. The van der Waals surface area contributed by atoms with E-state index in [2.05, 4.69) is 5.32 Å². The first-order valence-electron chi connectivity index (χ1n) is 9.51. The van der Waals surface area contributed by atoms with Crippen LogP contribution in [0.4, 0.5) is 5.69 Å². The molecule has 30 heavy (non-hydrogen) atoms. The Morgan fingerprint density at radius 2 is 1.63 bits per heavy atom. The molecule has 5 nitrogen and oxygen atoms in total. The fraction of sp³-hybridized carbons (Fsp3) is 0.0833. The zero-order valence-electron chi connectivity index (χ0n) is 16.3. The summed E-state index contributed by atoms with van der Waals surface area (Å²) in [5, 5.41) is 4.52. The second-order valence-electron chi connectivity index (χ2n) is 6.65. The molecule has 1 aromatic heterocycles. The first kappa shape index (κ1) is 19.7. The molecule has 0 aliphatic rings. The Labute approximate surface area is 178 Å². The average molecular weight is 419 g/mol. The lowest BCUT2D eigenvalue weighted by molar-refractivity contribution is 0.102. The zero-order chi connectivity index (χ0) is 21.1. The Balaban J connectivity index is 1.77. The van der Waals surface area contributed by atoms with E-state index in [-0.39, 0.29) is 11.5 Å². The molecular weight excluding hydrogens is 400 g/mol. The van der Waals surface area contributed by atoms with Crippen molar-refractivity contribution in [2.75, 3.05) is 11.9 Å². The maximum atomic E-state index is 13.1. The number of nitrogens with zero attached hydrogens (tertiary/aromatic N) is 1. The molecule has 1 amide bonds. The molecular formula is C24H19ClN2O3. The topological polar surface area (TPSA) is 60.3 Å². The maximum Gasteiger partial charge on any atom is 0.262 e. The third-order valence-electron chi connectivity index (χ3n) is 4.70. The highest BCUT2D eigenvalue weighted by Gasteiger charge is 2.16. The molecule has 3 aromatic carbocycles. The van der Waals surface area contributed by atoms with Crippen LogP contribution in [0.25, 0.3) is 16.5 Å². The SMILES string of the molecule is CCOc1ccc(NC(=O)c2cn(-c3ccc(Cl)cc3)c(=O)c3ccccc23)cc1. The Hall–Kier alpha value is -3.57. The Kier molecular flexibility index (Phi) is 5.55. The van der Waals surface area contributed by atoms with Gasteiger partial charge >= 0.3 is 0 Å². The molecule has 0 fully saturated rings. The van der Waals surface area contributed by atoms with Gasteiger partial charge in [0.15, 0.2) is 0 Å². The van der Waals surface area contributed by atoms with E-state index in [0.29, 0.717) is 39.3 Å². The number of carbonyl (C=O) groups excluding carboxylic acids is 1. The highest BCUT2D eigenvalue weighted by atomic mass is 35.5. The minimum absolute atomic E-state index is 0.203. The first-order valence-corrected chi connectivity index (χ1v) is 9.89. The van der Waals surface area contributed by atoms with Crippen molar-refractivity contribution < 1.29 is 9.53 Å². The summed E-state index contributed by atoms with van der Waals surface area (Å²) in [5.74, 6) is 0.426. The van der Waals surface area contributed by atoms with Gasteiger partial charge in [0.1, 0.15) is 5.75 Å². The second kappa shape index (κ2) is 8.43. The maximum absolute atomic E-state index is 13.1. The van der Waals surface area contributed by atoms with Crippen LogP contribution in [0.3, 0.4) is 0 Å². The summed E-state index contributed by atoms with van der Waals surface area (Å²) in [7, 11) is 0. The fourth-order valence-electron chi connectivity index (χ4n) is 3.27. The van der Waals surface area contributed by atoms with Crippen molar-refractivity contribution in [3.8, 4) is 11.4 Å². The number of hydrogen-bond donors (Lipinski definition) is 1. The largest absolute Gasteiger partial charge is 0.494 e. The van der Waals surface area contributed by atoms with E-state index in [9.17, 15) is 9.59 Å². The molecule has 4 aromatic rings. The Bertz CT molecular complexity index is 1260. The van der Waals surface area contributed by atoms with Crippen molar-refractivity contribution in [2.24, 2.45) is 0 Å². The van der Waals surface area contributed by atoms with Crippen LogP contribution in [-0.2, 0) is 0 Å². The molecule has 150 valence electrons. The van der Waals surface area contributed by atoms with Gasteiger partial charge in [0.05, 0.1) is 12.2 Å². The zero-order valence-corrected chi connectivity index (χ0v) is 17.0. The number of rotatable bonds is 5. The lowest BCUT2D eigenvalue weighted by Gasteiger charge is -2.13. The van der Waals surface area contributed by atoms with E-state index in [0.717, 1.165) is 5.75 Å². The third kappa shape index (κ3) is 3.93. The molecule has 4 rings (SSSR count). The van der Waals surface area contributed by atoms with Crippen LogP contribution in [-0.4, -0.2) is 17.1 Å². The van der Waals surface area contributed by atoms with E-state index < -0.39 is 0 Å². The van der Waals surface area contributed by atoms with Crippen LogP contribution < -0.4 is 15.6 Å². The molecule has 1 heterocycles. The van der Waals surface area contributed by atoms with Crippen molar-refractivity contribution in [1.29, 1.82) is 0 Å². The molecule has 0 spiro atoms. The minimum atomic E-state index is -0.307. The number of ether oxygens (including phenoxy) is 1. The van der Waals surface area contributed by atoms with Gasteiger partial charge in [-0.05, 0) is 61.5 Å². The molecule has 0 atom stereocenters. The number of aromatic nitrogens is 1. The van der Waals surface area contributed by atoms with Gasteiger partial charge < -0.3 is 10.1 Å². The number of nitrogens with one attached hydrogen (secondary N) is 1. The number of halogens is 1. The molecule has 0 saturated heterocycles. The predicted molar refractivity (Wildman–Crippen MR) is 120 cm³/mol. The summed E-state index contributed by atoms with van der Waals surface area (Å²) in [6.07, 6.45) is 1.57. The lowest BCUT2D eigenvalue weighted by Crippen LogP contribution is -2.22. The summed E-state index contributed by atoms with van der Waals surface area (Å²) >= 11 is 5.98. The van der Waals surface area contributed by atoms with Crippen molar-refractivity contribution in [3.05, 3.63) is 99.9 Å². The second-order valence-corrected chi connectivity index (χ2v) is 7.09. The number of anilines is 1. The number of fused-ring (bicyclic) bond motifs is 1. The smallest absolute Gasteiger partial charge is 0.262 e. The molecule has 0 aliphatic heterocycles. The highest BCUT2D eigenvalue weighted by molar-refractivity contribution is 6.30. The van der Waals surface area contributed by atoms with E-state index in [1.165, 1.54) is 4.57 Å². The number of carbonyl (C=O) groups is 1. The van der Waals surface area contributed by atoms with E-state index in [1.807, 2.05) is 13.0 Å². The molecule has 0 bridgehead atoms. The van der Waals surface area contributed by atoms with Gasteiger partial charge in [0, 0.05) is 33.4 Å². The quantitative estimate of drug-likeness (QED) is 0.478. The molecule has 0 saturated carbocycles. The minimum Gasteiger partial charge on any atom is -0.494 e. The average Bonchev–Trinajstić information content (AvgIpc) is 2.76. The van der Waals surface area contributed by atoms with Gasteiger partial charge in [-0.2, -0.15) is 0 Å². The van der Waals surface area contributed by atoms with Gasteiger partial charge in [-0.25, -0.2) is 0 Å². The number of benzene rings is 3. The molecule has 1 N–H and O–H groups in total. The predicted octanol–water partition coefficient (Wildman–Crippen LogP) is 5.30. The first-order chi connectivity index (χ1) is 14.6. The van der Waals surface area contributed by atoms with Crippen LogP contribution in [0.1, 0.15) is 17.3 Å². The van der Waals surface area contributed by atoms with Gasteiger partial charge in [-0.1, -0.05) is 29.8 Å². The third-order valence-corrected chi connectivity index (χ3v) is 4.95. The molecule has 0 unspecified atom stereocenters. The lowest BCUT2D eigenvalue weighted by atomic mass is 10.1. The molecule has 6 heteroatoms. The van der Waals surface area contributed by atoms with Crippen LogP contribution in [0, 0.1) is 0 Å². The summed E-state index contributed by atoms with van der Waals surface area (Å²) in [4.78, 5) is 26.1.